The third-order valence-corrected chi connectivity index (χ3v) is 4.07. The average molecular weight is 355 g/mol. The number of amides is 2. The molecule has 0 unspecified atom stereocenters. The van der Waals surface area contributed by atoms with Gasteiger partial charge in [0, 0.05) is 27.6 Å². The number of hydrogen-bond acceptors (Lipinski definition) is 4. The van der Waals surface area contributed by atoms with Crippen LogP contribution in [-0.4, -0.2) is 29.9 Å². The standard InChI is InChI=1S/C19H21N3O4/c1-5-19(2,3)15-12(11-8-6-7-9-13(11)21-15)10-14(18(25)26-4)22-17(24)16(20)23/h5-10,21H,1H2,2-4H3,(H2,20,23)(H,22,24)/b14-10-. The van der Waals surface area contributed by atoms with Crippen molar-refractivity contribution in [3.05, 3.63) is 53.9 Å². The largest absolute Gasteiger partial charge is 0.464 e. The Morgan fingerprint density at radius 1 is 1.27 bits per heavy atom. The molecule has 0 radical (unpaired) electrons. The van der Waals surface area contributed by atoms with E-state index < -0.39 is 23.2 Å². The summed E-state index contributed by atoms with van der Waals surface area (Å²) in [5, 5.41) is 3.04. The van der Waals surface area contributed by atoms with Crippen molar-refractivity contribution in [2.75, 3.05) is 7.11 Å². The Bertz CT molecular complexity index is 922. The minimum absolute atomic E-state index is 0.192. The molecule has 7 heteroatoms. The zero-order valence-electron chi connectivity index (χ0n) is 14.9. The van der Waals surface area contributed by atoms with Gasteiger partial charge in [-0.3, -0.25) is 9.59 Å². The second-order valence-corrected chi connectivity index (χ2v) is 6.25. The molecule has 2 aromatic rings. The van der Waals surface area contributed by atoms with Gasteiger partial charge in [0.2, 0.25) is 0 Å². The molecule has 26 heavy (non-hydrogen) atoms. The van der Waals surface area contributed by atoms with E-state index in [-0.39, 0.29) is 5.70 Å². The summed E-state index contributed by atoms with van der Waals surface area (Å²) in [5.41, 5.74) is 6.65. The summed E-state index contributed by atoms with van der Waals surface area (Å²) in [6, 6.07) is 7.52. The first-order valence-corrected chi connectivity index (χ1v) is 7.87. The molecule has 0 bridgehead atoms. The first kappa shape index (κ1) is 19.0. The van der Waals surface area contributed by atoms with E-state index in [1.807, 2.05) is 38.1 Å². The number of allylic oxidation sites excluding steroid dienone is 1. The molecule has 0 aliphatic rings. The highest BCUT2D eigenvalue weighted by Gasteiger charge is 2.25. The lowest BCUT2D eigenvalue weighted by Gasteiger charge is -2.20. The van der Waals surface area contributed by atoms with Crippen LogP contribution >= 0.6 is 0 Å². The normalized spacial score (nSPS) is 11.9. The number of ether oxygens (including phenoxy) is 1. The number of H-pyrrole nitrogens is 1. The van der Waals surface area contributed by atoms with Crippen LogP contribution in [0.3, 0.4) is 0 Å². The number of benzene rings is 1. The molecule has 0 saturated carbocycles. The number of aromatic nitrogens is 1. The van der Waals surface area contributed by atoms with E-state index in [4.69, 9.17) is 10.5 Å². The van der Waals surface area contributed by atoms with Crippen molar-refractivity contribution in [1.82, 2.24) is 10.3 Å². The van der Waals surface area contributed by atoms with Gasteiger partial charge in [-0.15, -0.1) is 6.58 Å². The molecular formula is C19H21N3O4. The lowest BCUT2D eigenvalue weighted by atomic mass is 9.86. The Morgan fingerprint density at radius 2 is 1.92 bits per heavy atom. The lowest BCUT2D eigenvalue weighted by molar-refractivity contribution is -0.140. The number of methoxy groups -OCH3 is 1. The van der Waals surface area contributed by atoms with Gasteiger partial charge in [0.1, 0.15) is 5.70 Å². The molecule has 2 amide bonds. The van der Waals surface area contributed by atoms with Gasteiger partial charge < -0.3 is 20.8 Å². The smallest absolute Gasteiger partial charge is 0.354 e. The molecule has 0 fully saturated rings. The van der Waals surface area contributed by atoms with Crippen LogP contribution in [0.2, 0.25) is 0 Å². The maximum absolute atomic E-state index is 12.1. The van der Waals surface area contributed by atoms with Crippen LogP contribution in [0.5, 0.6) is 0 Å². The second-order valence-electron chi connectivity index (χ2n) is 6.25. The molecule has 0 saturated heterocycles. The van der Waals surface area contributed by atoms with Crippen molar-refractivity contribution >= 4 is 34.8 Å². The Hall–Kier alpha value is -3.35. The van der Waals surface area contributed by atoms with Gasteiger partial charge in [0.25, 0.3) is 0 Å². The van der Waals surface area contributed by atoms with Crippen LogP contribution in [0, 0.1) is 0 Å². The Kier molecular flexibility index (Phi) is 5.30. The SMILES string of the molecule is C=CC(C)(C)c1[nH]c2ccccc2c1/C=C(\NC(=O)C(N)=O)C(=O)OC. The highest BCUT2D eigenvalue weighted by Crippen LogP contribution is 2.33. The number of esters is 1. The van der Waals surface area contributed by atoms with Gasteiger partial charge >= 0.3 is 17.8 Å². The van der Waals surface area contributed by atoms with Gasteiger partial charge in [-0.05, 0) is 12.1 Å². The molecule has 1 aromatic carbocycles. The molecule has 0 aliphatic carbocycles. The number of primary amides is 1. The molecule has 136 valence electrons. The number of nitrogens with two attached hydrogens (primary N) is 1. The Balaban J connectivity index is 2.71. The molecule has 1 heterocycles. The number of aromatic amines is 1. The third kappa shape index (κ3) is 3.66. The molecule has 4 N–H and O–H groups in total. The van der Waals surface area contributed by atoms with Crippen LogP contribution in [0.15, 0.2) is 42.6 Å². The van der Waals surface area contributed by atoms with Gasteiger partial charge in [-0.1, -0.05) is 38.1 Å². The summed E-state index contributed by atoms with van der Waals surface area (Å²) in [6.07, 6.45) is 3.24. The van der Waals surface area contributed by atoms with E-state index in [0.717, 1.165) is 16.6 Å². The Labute approximate surface area is 150 Å². The number of hydrogen-bond donors (Lipinski definition) is 3. The number of carbonyl (C=O) groups is 3. The number of rotatable bonds is 5. The number of fused-ring (bicyclic) bond motifs is 1. The molecule has 0 aliphatic heterocycles. The van der Waals surface area contributed by atoms with Crippen molar-refractivity contribution in [3.8, 4) is 0 Å². The van der Waals surface area contributed by atoms with Gasteiger partial charge in [0.05, 0.1) is 7.11 Å². The minimum Gasteiger partial charge on any atom is -0.464 e. The zero-order chi connectivity index (χ0) is 19.5. The quantitative estimate of drug-likeness (QED) is 0.328. The van der Waals surface area contributed by atoms with Crippen LogP contribution in [0.4, 0.5) is 0 Å². The van der Waals surface area contributed by atoms with Crippen LogP contribution in [-0.2, 0) is 24.5 Å². The zero-order valence-corrected chi connectivity index (χ0v) is 14.9. The molecular weight excluding hydrogens is 334 g/mol. The maximum Gasteiger partial charge on any atom is 0.354 e. The van der Waals surface area contributed by atoms with Gasteiger partial charge in [-0.2, -0.15) is 0 Å². The summed E-state index contributed by atoms with van der Waals surface area (Å²) < 4.78 is 4.70. The maximum atomic E-state index is 12.1. The minimum atomic E-state index is -1.20. The topological polar surface area (TPSA) is 114 Å². The van der Waals surface area contributed by atoms with Gasteiger partial charge in [-0.25, -0.2) is 4.79 Å². The van der Waals surface area contributed by atoms with Crippen molar-refractivity contribution in [1.29, 1.82) is 0 Å². The van der Waals surface area contributed by atoms with Crippen molar-refractivity contribution in [2.24, 2.45) is 5.73 Å². The summed E-state index contributed by atoms with van der Waals surface area (Å²) in [7, 11) is 1.18. The predicted molar refractivity (Wildman–Crippen MR) is 98.9 cm³/mol. The summed E-state index contributed by atoms with van der Waals surface area (Å²) in [4.78, 5) is 38.1. The fraction of sp³-hybridized carbons (Fsp3) is 0.211. The van der Waals surface area contributed by atoms with Crippen LogP contribution in [0.1, 0.15) is 25.1 Å². The predicted octanol–water partition coefficient (Wildman–Crippen LogP) is 1.75. The monoisotopic (exact) mass is 355 g/mol. The molecule has 2 rings (SSSR count). The Morgan fingerprint density at radius 3 is 2.50 bits per heavy atom. The average Bonchev–Trinajstić information content (AvgIpc) is 2.99. The first-order valence-electron chi connectivity index (χ1n) is 7.87. The summed E-state index contributed by atoms with van der Waals surface area (Å²) in [6.45, 7) is 7.78. The van der Waals surface area contributed by atoms with Crippen LogP contribution < -0.4 is 11.1 Å². The van der Waals surface area contributed by atoms with E-state index in [9.17, 15) is 14.4 Å². The number of para-hydroxylation sites is 1. The second kappa shape index (κ2) is 7.26. The van der Waals surface area contributed by atoms with Crippen LogP contribution in [0.25, 0.3) is 17.0 Å². The van der Waals surface area contributed by atoms with E-state index in [1.165, 1.54) is 13.2 Å². The van der Waals surface area contributed by atoms with E-state index >= 15 is 0 Å². The van der Waals surface area contributed by atoms with Crippen molar-refractivity contribution in [3.63, 3.8) is 0 Å². The fourth-order valence-corrected chi connectivity index (χ4v) is 2.51. The highest BCUT2D eigenvalue weighted by atomic mass is 16.5. The molecule has 7 nitrogen and oxygen atoms in total. The van der Waals surface area contributed by atoms with Crippen molar-refractivity contribution < 1.29 is 19.1 Å². The molecule has 0 atom stereocenters. The summed E-state index contributed by atoms with van der Waals surface area (Å²) in [5.74, 6) is -3.11. The van der Waals surface area contributed by atoms with E-state index in [1.54, 1.807) is 6.08 Å². The number of nitrogens with one attached hydrogen (secondary N) is 2. The number of carbonyl (C=O) groups excluding carboxylic acids is 3. The van der Waals surface area contributed by atoms with Gasteiger partial charge in [0.15, 0.2) is 0 Å². The first-order chi connectivity index (χ1) is 12.2. The fourth-order valence-electron chi connectivity index (χ4n) is 2.51. The third-order valence-electron chi connectivity index (χ3n) is 4.07. The lowest BCUT2D eigenvalue weighted by Crippen LogP contribution is -2.37. The van der Waals surface area contributed by atoms with E-state index in [2.05, 4.69) is 16.9 Å². The van der Waals surface area contributed by atoms with Crippen molar-refractivity contribution in [2.45, 2.75) is 19.3 Å². The molecule has 0 spiro atoms. The molecule has 1 aromatic heterocycles. The highest BCUT2D eigenvalue weighted by molar-refractivity contribution is 6.35. The van der Waals surface area contributed by atoms with E-state index in [0.29, 0.717) is 5.56 Å². The summed E-state index contributed by atoms with van der Waals surface area (Å²) >= 11 is 0.